The minimum Gasteiger partial charge on any atom is -0.391 e. The van der Waals surface area contributed by atoms with Gasteiger partial charge in [0.25, 0.3) is 0 Å². The summed E-state index contributed by atoms with van der Waals surface area (Å²) in [7, 11) is 0. The fourth-order valence-corrected chi connectivity index (χ4v) is 2.64. The number of primary amides is 1. The predicted octanol–water partition coefficient (Wildman–Crippen LogP) is -1.50. The fraction of sp³-hybridized carbons (Fsp3) is 0.778. The molecule has 0 aliphatic carbocycles. The number of rotatable bonds is 13. The molecule has 4 amide bonds. The van der Waals surface area contributed by atoms with Gasteiger partial charge in [-0.15, -0.1) is 0 Å². The van der Waals surface area contributed by atoms with Gasteiger partial charge in [0.2, 0.25) is 23.6 Å². The molecule has 4 atom stereocenters. The van der Waals surface area contributed by atoms with E-state index in [-0.39, 0.29) is 12.3 Å². The number of aliphatic hydroxyl groups is 1. The summed E-state index contributed by atoms with van der Waals surface area (Å²) in [4.78, 5) is 48.0. The van der Waals surface area contributed by atoms with E-state index in [9.17, 15) is 24.3 Å². The topological polar surface area (TPSA) is 177 Å². The molecule has 0 fully saturated rings. The molecule has 0 saturated heterocycles. The summed E-state index contributed by atoms with van der Waals surface area (Å²) in [5, 5.41) is 17.2. The molecule has 0 bridgehead atoms. The van der Waals surface area contributed by atoms with Crippen LogP contribution in [0.5, 0.6) is 0 Å². The molecule has 162 valence electrons. The van der Waals surface area contributed by atoms with Crippen molar-refractivity contribution in [3.05, 3.63) is 0 Å². The Morgan fingerprint density at radius 3 is 1.93 bits per heavy atom. The van der Waals surface area contributed by atoms with Crippen molar-refractivity contribution in [1.82, 2.24) is 16.0 Å². The van der Waals surface area contributed by atoms with E-state index in [4.69, 9.17) is 11.5 Å². The third-order valence-corrected chi connectivity index (χ3v) is 4.07. The maximum absolute atomic E-state index is 12.7. The van der Waals surface area contributed by atoms with Crippen molar-refractivity contribution in [3.63, 3.8) is 0 Å². The van der Waals surface area contributed by atoms with Gasteiger partial charge >= 0.3 is 0 Å². The number of hydrogen-bond acceptors (Lipinski definition) is 6. The van der Waals surface area contributed by atoms with Gasteiger partial charge in [-0.2, -0.15) is 0 Å². The second kappa shape index (κ2) is 13.1. The van der Waals surface area contributed by atoms with Crippen LogP contribution < -0.4 is 27.4 Å². The van der Waals surface area contributed by atoms with E-state index in [1.807, 2.05) is 13.8 Å². The van der Waals surface area contributed by atoms with Crippen LogP contribution in [0, 0.1) is 5.92 Å². The molecule has 0 saturated carbocycles. The van der Waals surface area contributed by atoms with Crippen LogP contribution in [0.2, 0.25) is 0 Å². The maximum atomic E-state index is 12.7. The summed E-state index contributed by atoms with van der Waals surface area (Å²) < 4.78 is 0. The van der Waals surface area contributed by atoms with Crippen molar-refractivity contribution >= 4 is 23.6 Å². The molecular formula is C18H35N5O5. The van der Waals surface area contributed by atoms with Crippen molar-refractivity contribution in [2.45, 2.75) is 77.6 Å². The Bertz CT molecular complexity index is 538. The Hall–Kier alpha value is -2.20. The minimum atomic E-state index is -1.20. The SMILES string of the molecule is CC(=O)NC(C(=O)N[C@H](CCCCN)C(=O)N[C@H](CC(C)C)C(N)=O)C(C)O. The molecule has 10 heteroatoms. The van der Waals surface area contributed by atoms with Crippen molar-refractivity contribution < 1.29 is 24.3 Å². The molecule has 0 aromatic rings. The van der Waals surface area contributed by atoms with Gasteiger partial charge in [0.05, 0.1) is 6.10 Å². The lowest BCUT2D eigenvalue weighted by Crippen LogP contribution is -2.58. The summed E-state index contributed by atoms with van der Waals surface area (Å²) in [6.45, 7) is 6.79. The van der Waals surface area contributed by atoms with Gasteiger partial charge in [-0.3, -0.25) is 19.2 Å². The number of carbonyl (C=O) groups is 4. The summed E-state index contributed by atoms with van der Waals surface area (Å²) in [5.74, 6) is -2.27. The normalized spacial score (nSPS) is 15.2. The second-order valence-electron chi connectivity index (χ2n) is 7.36. The molecule has 0 aromatic heterocycles. The maximum Gasteiger partial charge on any atom is 0.245 e. The lowest BCUT2D eigenvalue weighted by molar-refractivity contribution is -0.134. The summed E-state index contributed by atoms with van der Waals surface area (Å²) in [6.07, 6.45) is 0.716. The van der Waals surface area contributed by atoms with Gasteiger partial charge in [-0.1, -0.05) is 13.8 Å². The highest BCUT2D eigenvalue weighted by atomic mass is 16.3. The fourth-order valence-electron chi connectivity index (χ4n) is 2.64. The van der Waals surface area contributed by atoms with E-state index in [0.717, 1.165) is 0 Å². The lowest BCUT2D eigenvalue weighted by Gasteiger charge is -2.26. The van der Waals surface area contributed by atoms with Crippen LogP contribution in [0.15, 0.2) is 0 Å². The Balaban J connectivity index is 5.27. The average Bonchev–Trinajstić information content (AvgIpc) is 2.57. The molecule has 28 heavy (non-hydrogen) atoms. The third kappa shape index (κ3) is 10.2. The van der Waals surface area contributed by atoms with E-state index >= 15 is 0 Å². The van der Waals surface area contributed by atoms with Crippen LogP contribution in [0.3, 0.4) is 0 Å². The number of nitrogens with two attached hydrogens (primary N) is 2. The zero-order valence-electron chi connectivity index (χ0n) is 17.2. The molecule has 10 nitrogen and oxygen atoms in total. The molecule has 0 spiro atoms. The number of nitrogens with one attached hydrogen (secondary N) is 3. The van der Waals surface area contributed by atoms with Crippen LogP contribution in [0.1, 0.15) is 53.4 Å². The van der Waals surface area contributed by atoms with Crippen LogP contribution in [-0.2, 0) is 19.2 Å². The van der Waals surface area contributed by atoms with Gasteiger partial charge in [0.1, 0.15) is 18.1 Å². The highest BCUT2D eigenvalue weighted by Crippen LogP contribution is 2.07. The molecule has 0 aliphatic heterocycles. The summed E-state index contributed by atoms with van der Waals surface area (Å²) in [6, 6.07) is -3.02. The quantitative estimate of drug-likeness (QED) is 0.205. The number of carbonyl (C=O) groups excluding carboxylic acids is 4. The molecule has 8 N–H and O–H groups in total. The monoisotopic (exact) mass is 401 g/mol. The largest absolute Gasteiger partial charge is 0.391 e. The lowest BCUT2D eigenvalue weighted by atomic mass is 10.0. The summed E-state index contributed by atoms with van der Waals surface area (Å²) >= 11 is 0. The van der Waals surface area contributed by atoms with E-state index in [1.54, 1.807) is 0 Å². The predicted molar refractivity (Wildman–Crippen MR) is 105 cm³/mol. The third-order valence-electron chi connectivity index (χ3n) is 4.07. The average molecular weight is 402 g/mol. The van der Waals surface area contributed by atoms with Gasteiger partial charge in [0, 0.05) is 6.92 Å². The highest BCUT2D eigenvalue weighted by Gasteiger charge is 2.30. The van der Waals surface area contributed by atoms with Gasteiger partial charge < -0.3 is 32.5 Å². The number of hydrogen-bond donors (Lipinski definition) is 6. The van der Waals surface area contributed by atoms with Gasteiger partial charge in [-0.05, 0) is 45.1 Å². The first-order valence-electron chi connectivity index (χ1n) is 9.54. The van der Waals surface area contributed by atoms with Crippen molar-refractivity contribution in [2.24, 2.45) is 17.4 Å². The Morgan fingerprint density at radius 1 is 0.929 bits per heavy atom. The molecule has 0 radical (unpaired) electrons. The summed E-state index contributed by atoms with van der Waals surface area (Å²) in [5.41, 5.74) is 10.8. The molecular weight excluding hydrogens is 366 g/mol. The molecule has 2 unspecified atom stereocenters. The van der Waals surface area contributed by atoms with Crippen LogP contribution in [-0.4, -0.2) is 59.5 Å². The smallest absolute Gasteiger partial charge is 0.245 e. The van der Waals surface area contributed by atoms with Gasteiger partial charge in [0.15, 0.2) is 0 Å². The van der Waals surface area contributed by atoms with E-state index in [0.29, 0.717) is 25.8 Å². The molecule has 0 aromatic carbocycles. The highest BCUT2D eigenvalue weighted by molar-refractivity contribution is 5.94. The van der Waals surface area contributed by atoms with E-state index in [2.05, 4.69) is 16.0 Å². The zero-order valence-corrected chi connectivity index (χ0v) is 17.2. The van der Waals surface area contributed by atoms with Gasteiger partial charge in [-0.25, -0.2) is 0 Å². The number of unbranched alkanes of at least 4 members (excludes halogenated alkanes) is 1. The zero-order chi connectivity index (χ0) is 21.9. The number of amides is 4. The first kappa shape index (κ1) is 25.8. The Kier molecular flexibility index (Phi) is 12.0. The van der Waals surface area contributed by atoms with Crippen molar-refractivity contribution in [2.75, 3.05) is 6.54 Å². The van der Waals surface area contributed by atoms with E-state index < -0.39 is 47.9 Å². The first-order valence-corrected chi connectivity index (χ1v) is 9.54. The molecule has 0 aliphatic rings. The van der Waals surface area contributed by atoms with Crippen molar-refractivity contribution in [1.29, 1.82) is 0 Å². The Labute approximate surface area is 166 Å². The second-order valence-corrected chi connectivity index (χ2v) is 7.36. The molecule has 0 heterocycles. The number of aliphatic hydroxyl groups excluding tert-OH is 1. The minimum absolute atomic E-state index is 0.127. The van der Waals surface area contributed by atoms with E-state index in [1.165, 1.54) is 13.8 Å². The standard InChI is InChI=1S/C18H35N5O5/c1-10(2)9-14(16(20)26)23-17(27)13(7-5-6-8-19)22-18(28)15(11(3)24)21-12(4)25/h10-11,13-15,24H,5-9,19H2,1-4H3,(H2,20,26)(H,21,25)(H,22,28)(H,23,27)/t11?,13-,14-,15?/m1/s1. The van der Waals surface area contributed by atoms with Crippen molar-refractivity contribution in [3.8, 4) is 0 Å². The molecule has 0 rings (SSSR count). The first-order chi connectivity index (χ1) is 13.0. The van der Waals surface area contributed by atoms with Crippen LogP contribution in [0.25, 0.3) is 0 Å². The van der Waals surface area contributed by atoms with Crippen LogP contribution in [0.4, 0.5) is 0 Å². The van der Waals surface area contributed by atoms with Crippen LogP contribution >= 0.6 is 0 Å². The Morgan fingerprint density at radius 2 is 1.50 bits per heavy atom.